The topological polar surface area (TPSA) is 69.6 Å². The van der Waals surface area contributed by atoms with Crippen LogP contribution in [0, 0.1) is 0 Å². The van der Waals surface area contributed by atoms with Crippen LogP contribution < -0.4 is 5.32 Å². The van der Waals surface area contributed by atoms with Crippen molar-refractivity contribution in [3.63, 3.8) is 0 Å². The highest BCUT2D eigenvalue weighted by molar-refractivity contribution is 7.14. The van der Waals surface area contributed by atoms with Gasteiger partial charge in [0.2, 0.25) is 0 Å². The van der Waals surface area contributed by atoms with Crippen LogP contribution in [0.2, 0.25) is 0 Å². The summed E-state index contributed by atoms with van der Waals surface area (Å²) < 4.78 is 0. The quantitative estimate of drug-likeness (QED) is 0.829. The molecule has 0 atom stereocenters. The van der Waals surface area contributed by atoms with E-state index in [9.17, 15) is 9.59 Å². The molecule has 0 radical (unpaired) electrons. The summed E-state index contributed by atoms with van der Waals surface area (Å²) in [5.41, 5.74) is 0. The number of aliphatic carboxylic acids is 1. The molecule has 1 amide bonds. The summed E-state index contributed by atoms with van der Waals surface area (Å²) in [6.07, 6.45) is 4.52. The molecule has 0 saturated carbocycles. The van der Waals surface area contributed by atoms with Crippen LogP contribution in [0.15, 0.2) is 18.2 Å². The van der Waals surface area contributed by atoms with Gasteiger partial charge in [0.05, 0.1) is 4.88 Å². The van der Waals surface area contributed by atoms with E-state index < -0.39 is 5.97 Å². The normalized spacial score (nSPS) is 17.4. The van der Waals surface area contributed by atoms with E-state index in [0.29, 0.717) is 4.88 Å². The number of likely N-dealkylation sites (tertiary alicyclic amines) is 1. The van der Waals surface area contributed by atoms with Gasteiger partial charge in [0.25, 0.3) is 5.91 Å². The molecular weight excluding hydrogens is 276 g/mol. The lowest BCUT2D eigenvalue weighted by molar-refractivity contribution is -0.131. The molecule has 0 spiro atoms. The van der Waals surface area contributed by atoms with E-state index in [0.717, 1.165) is 36.9 Å². The first-order valence-electron chi connectivity index (χ1n) is 6.55. The molecule has 1 aliphatic heterocycles. The van der Waals surface area contributed by atoms with Crippen molar-refractivity contribution in [3.8, 4) is 0 Å². The number of carboxylic acid groups (broad SMARTS) is 1. The number of nitrogens with zero attached hydrogens (tertiary/aromatic N) is 1. The molecule has 1 saturated heterocycles. The molecule has 0 aromatic carbocycles. The van der Waals surface area contributed by atoms with Crippen LogP contribution >= 0.6 is 11.3 Å². The minimum absolute atomic E-state index is 0.0699. The Labute approximate surface area is 121 Å². The summed E-state index contributed by atoms with van der Waals surface area (Å²) in [6, 6.07) is 3.73. The second-order valence-electron chi connectivity index (χ2n) is 4.92. The molecule has 1 aromatic heterocycles. The zero-order valence-electron chi connectivity index (χ0n) is 11.3. The van der Waals surface area contributed by atoms with Crippen LogP contribution in [-0.4, -0.2) is 48.1 Å². The van der Waals surface area contributed by atoms with Gasteiger partial charge >= 0.3 is 5.97 Å². The monoisotopic (exact) mass is 294 g/mol. The fourth-order valence-corrected chi connectivity index (χ4v) is 2.94. The Hall–Kier alpha value is -1.66. The molecule has 1 aliphatic rings. The average Bonchev–Trinajstić information content (AvgIpc) is 2.88. The van der Waals surface area contributed by atoms with E-state index in [-0.39, 0.29) is 11.9 Å². The van der Waals surface area contributed by atoms with E-state index in [1.54, 1.807) is 12.1 Å². The number of nitrogens with one attached hydrogen (secondary N) is 1. The molecule has 2 N–H and O–H groups in total. The number of thiophene rings is 1. The van der Waals surface area contributed by atoms with Gasteiger partial charge in [0.15, 0.2) is 0 Å². The summed E-state index contributed by atoms with van der Waals surface area (Å²) in [4.78, 5) is 26.2. The minimum Gasteiger partial charge on any atom is -0.478 e. The third-order valence-electron chi connectivity index (χ3n) is 3.29. The lowest BCUT2D eigenvalue weighted by atomic mass is 10.1. The van der Waals surface area contributed by atoms with Crippen LogP contribution in [0.4, 0.5) is 0 Å². The minimum atomic E-state index is -0.990. The molecule has 0 aliphatic carbocycles. The molecule has 5 nitrogen and oxygen atoms in total. The molecule has 2 heterocycles. The van der Waals surface area contributed by atoms with Crippen molar-refractivity contribution < 1.29 is 14.7 Å². The highest BCUT2D eigenvalue weighted by Crippen LogP contribution is 2.19. The van der Waals surface area contributed by atoms with Gasteiger partial charge in [-0.3, -0.25) is 4.79 Å². The maximum absolute atomic E-state index is 12.1. The third-order valence-corrected chi connectivity index (χ3v) is 4.34. The zero-order valence-corrected chi connectivity index (χ0v) is 12.2. The highest BCUT2D eigenvalue weighted by atomic mass is 32.1. The number of hydrogen-bond acceptors (Lipinski definition) is 4. The zero-order chi connectivity index (χ0) is 14.5. The predicted molar refractivity (Wildman–Crippen MR) is 79.0 cm³/mol. The first kappa shape index (κ1) is 14.7. The lowest BCUT2D eigenvalue weighted by Crippen LogP contribution is -2.43. The molecule has 1 aromatic rings. The SMILES string of the molecule is CN1CCC(NC(=O)c2ccc(C=CC(=O)O)s2)CC1. The maximum atomic E-state index is 12.1. The fourth-order valence-electron chi connectivity index (χ4n) is 2.13. The van der Waals surface area contributed by atoms with Crippen molar-refractivity contribution in [2.75, 3.05) is 20.1 Å². The smallest absolute Gasteiger partial charge is 0.328 e. The number of rotatable bonds is 4. The van der Waals surface area contributed by atoms with Crippen LogP contribution in [0.1, 0.15) is 27.4 Å². The molecule has 1 fully saturated rings. The van der Waals surface area contributed by atoms with E-state index >= 15 is 0 Å². The third kappa shape index (κ3) is 4.18. The van der Waals surface area contributed by atoms with Crippen LogP contribution in [0.3, 0.4) is 0 Å². The molecular formula is C14H18N2O3S. The summed E-state index contributed by atoms with van der Waals surface area (Å²) in [6.45, 7) is 2.00. The molecule has 0 unspecified atom stereocenters. The highest BCUT2D eigenvalue weighted by Gasteiger charge is 2.19. The molecule has 2 rings (SSSR count). The van der Waals surface area contributed by atoms with Crippen molar-refractivity contribution in [1.29, 1.82) is 0 Å². The first-order chi connectivity index (χ1) is 9.54. The van der Waals surface area contributed by atoms with Crippen LogP contribution in [-0.2, 0) is 4.79 Å². The van der Waals surface area contributed by atoms with Gasteiger partial charge in [0, 0.05) is 17.0 Å². The van der Waals surface area contributed by atoms with Gasteiger partial charge in [-0.1, -0.05) is 0 Å². The standard InChI is InChI=1S/C14H18N2O3S/c1-16-8-6-10(7-9-16)15-14(19)12-4-2-11(20-12)3-5-13(17)18/h2-5,10H,6-9H2,1H3,(H,15,19)(H,17,18). The fraction of sp³-hybridized carbons (Fsp3) is 0.429. The molecule has 0 bridgehead atoms. The van der Waals surface area contributed by atoms with E-state index in [1.807, 2.05) is 0 Å². The van der Waals surface area contributed by atoms with Gasteiger partial charge in [-0.25, -0.2) is 4.79 Å². The lowest BCUT2D eigenvalue weighted by Gasteiger charge is -2.29. The second-order valence-corrected chi connectivity index (χ2v) is 6.04. The van der Waals surface area contributed by atoms with Crippen molar-refractivity contribution in [2.45, 2.75) is 18.9 Å². The van der Waals surface area contributed by atoms with Crippen molar-refractivity contribution >= 4 is 29.3 Å². The number of carboxylic acids is 1. The summed E-state index contributed by atoms with van der Waals surface area (Å²) in [7, 11) is 2.08. The summed E-state index contributed by atoms with van der Waals surface area (Å²) in [5.74, 6) is -1.06. The van der Waals surface area contributed by atoms with E-state index in [1.165, 1.54) is 17.4 Å². The number of carbonyl (C=O) groups excluding carboxylic acids is 1. The van der Waals surface area contributed by atoms with Crippen molar-refractivity contribution in [2.24, 2.45) is 0 Å². The van der Waals surface area contributed by atoms with Gasteiger partial charge in [-0.2, -0.15) is 0 Å². The van der Waals surface area contributed by atoms with Gasteiger partial charge in [0.1, 0.15) is 0 Å². The molecule has 20 heavy (non-hydrogen) atoms. The Balaban J connectivity index is 1.91. The number of amides is 1. The molecule has 108 valence electrons. The van der Waals surface area contributed by atoms with Crippen LogP contribution in [0.5, 0.6) is 0 Å². The second kappa shape index (κ2) is 6.67. The predicted octanol–water partition coefficient (Wildman–Crippen LogP) is 1.67. The Morgan fingerprint density at radius 3 is 2.75 bits per heavy atom. The average molecular weight is 294 g/mol. The van der Waals surface area contributed by atoms with E-state index in [4.69, 9.17) is 5.11 Å². The number of carbonyl (C=O) groups is 2. The number of hydrogen-bond donors (Lipinski definition) is 2. The van der Waals surface area contributed by atoms with E-state index in [2.05, 4.69) is 17.3 Å². The van der Waals surface area contributed by atoms with Gasteiger partial charge < -0.3 is 15.3 Å². The van der Waals surface area contributed by atoms with Gasteiger partial charge in [-0.15, -0.1) is 11.3 Å². The number of piperidine rings is 1. The maximum Gasteiger partial charge on any atom is 0.328 e. The Kier molecular flexibility index (Phi) is 4.92. The van der Waals surface area contributed by atoms with Gasteiger partial charge in [-0.05, 0) is 51.2 Å². The molecule has 6 heteroatoms. The first-order valence-corrected chi connectivity index (χ1v) is 7.36. The Morgan fingerprint density at radius 1 is 1.40 bits per heavy atom. The van der Waals surface area contributed by atoms with Crippen molar-refractivity contribution in [1.82, 2.24) is 10.2 Å². The summed E-state index contributed by atoms with van der Waals surface area (Å²) >= 11 is 1.30. The summed E-state index contributed by atoms with van der Waals surface area (Å²) in [5, 5.41) is 11.6. The Morgan fingerprint density at radius 2 is 2.10 bits per heavy atom. The van der Waals surface area contributed by atoms with Crippen LogP contribution in [0.25, 0.3) is 6.08 Å². The van der Waals surface area contributed by atoms with Crippen molar-refractivity contribution in [3.05, 3.63) is 28.0 Å². The Bertz CT molecular complexity index is 516. The largest absolute Gasteiger partial charge is 0.478 e.